The van der Waals surface area contributed by atoms with E-state index in [1.54, 1.807) is 12.1 Å². The third-order valence-corrected chi connectivity index (χ3v) is 6.49. The minimum atomic E-state index is -3.66. The summed E-state index contributed by atoms with van der Waals surface area (Å²) in [5, 5.41) is 0. The van der Waals surface area contributed by atoms with Gasteiger partial charge >= 0.3 is 0 Å². The molecule has 0 aromatic carbocycles. The van der Waals surface area contributed by atoms with E-state index < -0.39 is 10.0 Å². The van der Waals surface area contributed by atoms with Crippen molar-refractivity contribution >= 4 is 58.9 Å². The molecule has 102 valence electrons. The van der Waals surface area contributed by atoms with Crippen LogP contribution in [0.3, 0.4) is 0 Å². The molecule has 0 fully saturated rings. The van der Waals surface area contributed by atoms with E-state index >= 15 is 0 Å². The van der Waals surface area contributed by atoms with E-state index in [0.717, 1.165) is 4.88 Å². The van der Waals surface area contributed by atoms with Crippen LogP contribution in [0.4, 0.5) is 5.69 Å². The summed E-state index contributed by atoms with van der Waals surface area (Å²) >= 11 is 7.79. The van der Waals surface area contributed by atoms with Crippen molar-refractivity contribution in [3.8, 4) is 0 Å². The third kappa shape index (κ3) is 3.34. The van der Waals surface area contributed by atoms with Gasteiger partial charge < -0.3 is 5.73 Å². The number of nitrogens with two attached hydrogens (primary N) is 1. The molecule has 0 bridgehead atoms. The Hall–Kier alpha value is -0.480. The van der Waals surface area contributed by atoms with Crippen LogP contribution in [-0.2, 0) is 16.6 Å². The van der Waals surface area contributed by atoms with E-state index in [0.29, 0.717) is 20.5 Å². The number of halogens is 2. The van der Waals surface area contributed by atoms with Crippen LogP contribution >= 0.6 is 43.2 Å². The molecule has 2 heterocycles. The molecule has 0 aliphatic rings. The number of sulfonamides is 1. The van der Waals surface area contributed by atoms with Gasteiger partial charge in [-0.15, -0.1) is 11.3 Å². The standard InChI is InChI=1S/C10H9Br2N3O2S2/c11-7-5-14-2-1-8(7)15-19(16,17)9-3-6(4-13)18-10(9)12/h1-3,5H,4,13H2,(H,14,15). The van der Waals surface area contributed by atoms with E-state index in [9.17, 15) is 8.42 Å². The number of nitrogens with zero attached hydrogens (tertiary/aromatic N) is 1. The topological polar surface area (TPSA) is 85.1 Å². The molecule has 0 amide bonds. The largest absolute Gasteiger partial charge is 0.326 e. The van der Waals surface area contributed by atoms with Crippen LogP contribution in [-0.4, -0.2) is 13.4 Å². The molecule has 0 saturated heterocycles. The van der Waals surface area contributed by atoms with Crippen molar-refractivity contribution in [1.82, 2.24) is 4.98 Å². The number of aromatic nitrogens is 1. The first-order valence-electron chi connectivity index (χ1n) is 5.04. The van der Waals surface area contributed by atoms with Gasteiger partial charge in [-0.3, -0.25) is 9.71 Å². The van der Waals surface area contributed by atoms with Gasteiger partial charge in [0.05, 0.1) is 13.9 Å². The summed E-state index contributed by atoms with van der Waals surface area (Å²) in [6.07, 6.45) is 3.03. The Morgan fingerprint density at radius 3 is 2.74 bits per heavy atom. The molecule has 0 spiro atoms. The monoisotopic (exact) mass is 425 g/mol. The lowest BCUT2D eigenvalue weighted by Gasteiger charge is -2.08. The summed E-state index contributed by atoms with van der Waals surface area (Å²) in [6, 6.07) is 3.14. The minimum Gasteiger partial charge on any atom is -0.326 e. The van der Waals surface area contributed by atoms with Crippen LogP contribution in [0.2, 0.25) is 0 Å². The highest BCUT2D eigenvalue weighted by molar-refractivity contribution is 9.11. The zero-order valence-corrected chi connectivity index (χ0v) is 14.2. The zero-order valence-electron chi connectivity index (χ0n) is 9.43. The molecule has 9 heteroatoms. The van der Waals surface area contributed by atoms with Crippen molar-refractivity contribution in [3.05, 3.63) is 37.7 Å². The smallest absolute Gasteiger partial charge is 0.263 e. The van der Waals surface area contributed by atoms with Crippen molar-refractivity contribution in [2.45, 2.75) is 11.4 Å². The lowest BCUT2D eigenvalue weighted by molar-refractivity contribution is 0.601. The Kier molecular flexibility index (Phi) is 4.62. The summed E-state index contributed by atoms with van der Waals surface area (Å²) in [7, 11) is -3.66. The minimum absolute atomic E-state index is 0.182. The van der Waals surface area contributed by atoms with Gasteiger partial charge in [-0.25, -0.2) is 8.42 Å². The Bertz CT molecular complexity index is 701. The second-order valence-corrected chi connectivity index (χ2v) is 8.48. The lowest BCUT2D eigenvalue weighted by Crippen LogP contribution is -2.13. The van der Waals surface area contributed by atoms with Crippen molar-refractivity contribution in [3.63, 3.8) is 0 Å². The van der Waals surface area contributed by atoms with E-state index in [-0.39, 0.29) is 4.90 Å². The molecule has 2 rings (SSSR count). The summed E-state index contributed by atoms with van der Waals surface area (Å²) < 4.78 is 28.2. The van der Waals surface area contributed by atoms with Crippen LogP contribution in [0.1, 0.15) is 4.88 Å². The Morgan fingerprint density at radius 2 is 2.16 bits per heavy atom. The summed E-state index contributed by atoms with van der Waals surface area (Å²) in [5.74, 6) is 0. The average molecular weight is 427 g/mol. The fourth-order valence-corrected chi connectivity index (χ4v) is 5.46. The van der Waals surface area contributed by atoms with Crippen LogP contribution in [0, 0.1) is 0 Å². The number of pyridine rings is 1. The first-order valence-corrected chi connectivity index (χ1v) is 8.93. The molecule has 2 aromatic heterocycles. The fourth-order valence-electron chi connectivity index (χ4n) is 1.34. The molecule has 0 aliphatic carbocycles. The van der Waals surface area contributed by atoms with Crippen molar-refractivity contribution < 1.29 is 8.42 Å². The maximum atomic E-state index is 12.3. The average Bonchev–Trinajstić information content (AvgIpc) is 2.74. The number of thiophene rings is 1. The maximum absolute atomic E-state index is 12.3. The first-order chi connectivity index (χ1) is 8.94. The number of hydrogen-bond donors (Lipinski definition) is 2. The highest BCUT2D eigenvalue weighted by atomic mass is 79.9. The molecule has 0 atom stereocenters. The van der Waals surface area contributed by atoms with Gasteiger partial charge in [0.2, 0.25) is 0 Å². The maximum Gasteiger partial charge on any atom is 0.263 e. The molecule has 0 radical (unpaired) electrons. The van der Waals surface area contributed by atoms with Gasteiger partial charge in [-0.1, -0.05) is 0 Å². The van der Waals surface area contributed by atoms with Gasteiger partial charge in [0.25, 0.3) is 10.0 Å². The summed E-state index contributed by atoms with van der Waals surface area (Å²) in [5.41, 5.74) is 5.94. The van der Waals surface area contributed by atoms with Gasteiger partial charge in [0.15, 0.2) is 0 Å². The fraction of sp³-hybridized carbons (Fsp3) is 0.100. The number of anilines is 1. The molecule has 0 aliphatic heterocycles. The number of hydrogen-bond acceptors (Lipinski definition) is 5. The quantitative estimate of drug-likeness (QED) is 0.786. The molecule has 19 heavy (non-hydrogen) atoms. The predicted molar refractivity (Wildman–Crippen MR) is 82.7 cm³/mol. The summed E-state index contributed by atoms with van der Waals surface area (Å²) in [6.45, 7) is 0.303. The predicted octanol–water partition coefficient (Wildman–Crippen LogP) is 2.93. The van der Waals surface area contributed by atoms with Crippen LogP contribution < -0.4 is 10.5 Å². The Balaban J connectivity index is 2.38. The highest BCUT2D eigenvalue weighted by Gasteiger charge is 2.21. The zero-order chi connectivity index (χ0) is 14.0. The molecular weight excluding hydrogens is 418 g/mol. The van der Waals surface area contributed by atoms with Gasteiger partial charge in [-0.2, -0.15) is 0 Å². The van der Waals surface area contributed by atoms with Crippen LogP contribution in [0.25, 0.3) is 0 Å². The Morgan fingerprint density at radius 1 is 1.42 bits per heavy atom. The SMILES string of the molecule is NCc1cc(S(=O)(=O)Nc2ccncc2Br)c(Br)s1. The molecule has 0 unspecified atom stereocenters. The van der Waals surface area contributed by atoms with E-state index in [1.165, 1.54) is 23.7 Å². The van der Waals surface area contributed by atoms with Crippen molar-refractivity contribution in [2.75, 3.05) is 4.72 Å². The number of rotatable bonds is 4. The van der Waals surface area contributed by atoms with E-state index in [1.807, 2.05) is 0 Å². The molecule has 0 saturated carbocycles. The third-order valence-electron chi connectivity index (χ3n) is 2.21. The number of nitrogens with one attached hydrogen (secondary N) is 1. The van der Waals surface area contributed by atoms with E-state index in [2.05, 4.69) is 41.6 Å². The first kappa shape index (κ1) is 14.9. The summed E-state index contributed by atoms with van der Waals surface area (Å²) in [4.78, 5) is 4.85. The van der Waals surface area contributed by atoms with Crippen molar-refractivity contribution in [1.29, 1.82) is 0 Å². The van der Waals surface area contributed by atoms with Crippen LogP contribution in [0.15, 0.2) is 37.7 Å². The second-order valence-electron chi connectivity index (χ2n) is 3.52. The lowest BCUT2D eigenvalue weighted by atomic mass is 10.4. The van der Waals surface area contributed by atoms with Crippen molar-refractivity contribution in [2.24, 2.45) is 5.73 Å². The highest BCUT2D eigenvalue weighted by Crippen LogP contribution is 2.33. The molecule has 5 nitrogen and oxygen atoms in total. The molecular formula is C10H9Br2N3O2S2. The van der Waals surface area contributed by atoms with E-state index in [4.69, 9.17) is 5.73 Å². The normalized spacial score (nSPS) is 11.5. The Labute approximate surface area is 131 Å². The molecule has 3 N–H and O–H groups in total. The molecule has 2 aromatic rings. The van der Waals surface area contributed by atoms with Gasteiger partial charge in [-0.05, 0) is 44.0 Å². The van der Waals surface area contributed by atoms with Crippen LogP contribution in [0.5, 0.6) is 0 Å². The van der Waals surface area contributed by atoms with Gasteiger partial charge in [0.1, 0.15) is 4.90 Å². The van der Waals surface area contributed by atoms with Gasteiger partial charge in [0, 0.05) is 23.8 Å². The second kappa shape index (κ2) is 5.88.